The summed E-state index contributed by atoms with van der Waals surface area (Å²) in [5.41, 5.74) is 2.76. The maximum atomic E-state index is 11.1. The Morgan fingerprint density at radius 3 is 2.52 bits per heavy atom. The molecule has 0 aromatic heterocycles. The maximum absolute atomic E-state index is 11.1. The highest BCUT2D eigenvalue weighted by molar-refractivity contribution is 5.63. The van der Waals surface area contributed by atoms with Crippen LogP contribution in [0.1, 0.15) is 29.5 Å². The molecule has 7 nitrogen and oxygen atoms in total. The summed E-state index contributed by atoms with van der Waals surface area (Å²) in [5.74, 6) is 0.247. The van der Waals surface area contributed by atoms with Gasteiger partial charge in [-0.2, -0.15) is 0 Å². The number of rotatable bonds is 3. The van der Waals surface area contributed by atoms with Crippen molar-refractivity contribution in [3.05, 3.63) is 86.0 Å². The van der Waals surface area contributed by atoms with E-state index >= 15 is 0 Å². The average Bonchev–Trinajstić information content (AvgIpc) is 3.10. The number of nitro benzene ring substituents is 2. The number of non-ortho nitro benzene ring substituents is 2. The first kappa shape index (κ1) is 15.3. The van der Waals surface area contributed by atoms with Crippen molar-refractivity contribution in [2.45, 2.75) is 18.4 Å². The normalized spacial score (nSPS) is 23.4. The average molecular weight is 337 g/mol. The molecule has 2 aromatic carbocycles. The number of nitrogens with one attached hydrogen (secondary N) is 1. The van der Waals surface area contributed by atoms with E-state index in [1.807, 2.05) is 6.07 Å². The third kappa shape index (κ3) is 2.53. The first-order valence-corrected chi connectivity index (χ1v) is 8.00. The van der Waals surface area contributed by atoms with E-state index in [-0.39, 0.29) is 34.2 Å². The van der Waals surface area contributed by atoms with Crippen LogP contribution in [-0.2, 0) is 0 Å². The molecule has 0 radical (unpaired) electrons. The van der Waals surface area contributed by atoms with Crippen molar-refractivity contribution in [2.24, 2.45) is 5.92 Å². The Kier molecular flexibility index (Phi) is 3.49. The first-order valence-electron chi connectivity index (χ1n) is 8.00. The molecule has 7 heteroatoms. The Hall–Kier alpha value is -3.22. The Morgan fingerprint density at radius 2 is 1.76 bits per heavy atom. The Balaban J connectivity index is 1.77. The number of nitrogens with zero attached hydrogens (tertiary/aromatic N) is 2. The van der Waals surface area contributed by atoms with Gasteiger partial charge in [0.05, 0.1) is 15.9 Å². The van der Waals surface area contributed by atoms with Crippen LogP contribution < -0.4 is 5.32 Å². The minimum atomic E-state index is -0.395. The summed E-state index contributed by atoms with van der Waals surface area (Å²) in [6.07, 6.45) is 4.99. The number of benzene rings is 2. The number of fused-ring (bicyclic) bond motifs is 3. The molecule has 0 saturated carbocycles. The lowest BCUT2D eigenvalue weighted by molar-refractivity contribution is -0.385. The minimum absolute atomic E-state index is 0.0660. The summed E-state index contributed by atoms with van der Waals surface area (Å²) >= 11 is 0. The zero-order valence-corrected chi connectivity index (χ0v) is 13.2. The predicted molar refractivity (Wildman–Crippen MR) is 92.5 cm³/mol. The van der Waals surface area contributed by atoms with Gasteiger partial charge in [-0.15, -0.1) is 0 Å². The number of allylic oxidation sites excluding steroid dienone is 2. The van der Waals surface area contributed by atoms with Crippen LogP contribution in [-0.4, -0.2) is 9.85 Å². The molecular formula is C18H15N3O4. The molecule has 1 N–H and O–H groups in total. The van der Waals surface area contributed by atoms with Crippen LogP contribution in [0.3, 0.4) is 0 Å². The highest BCUT2D eigenvalue weighted by Crippen LogP contribution is 2.50. The summed E-state index contributed by atoms with van der Waals surface area (Å²) < 4.78 is 0. The van der Waals surface area contributed by atoms with E-state index in [4.69, 9.17) is 0 Å². The van der Waals surface area contributed by atoms with Crippen molar-refractivity contribution in [3.8, 4) is 0 Å². The van der Waals surface area contributed by atoms with Gasteiger partial charge >= 0.3 is 0 Å². The van der Waals surface area contributed by atoms with E-state index in [2.05, 4.69) is 17.5 Å². The Morgan fingerprint density at radius 1 is 1.00 bits per heavy atom. The number of hydrogen-bond donors (Lipinski definition) is 1. The molecule has 25 heavy (non-hydrogen) atoms. The van der Waals surface area contributed by atoms with E-state index < -0.39 is 4.92 Å². The number of nitro groups is 2. The van der Waals surface area contributed by atoms with Gasteiger partial charge in [0.1, 0.15) is 0 Å². The van der Waals surface area contributed by atoms with E-state index in [9.17, 15) is 20.2 Å². The zero-order valence-electron chi connectivity index (χ0n) is 13.2. The van der Waals surface area contributed by atoms with Crippen molar-refractivity contribution in [2.75, 3.05) is 5.32 Å². The van der Waals surface area contributed by atoms with E-state index in [1.165, 1.54) is 12.1 Å². The topological polar surface area (TPSA) is 98.3 Å². The molecule has 0 saturated heterocycles. The van der Waals surface area contributed by atoms with E-state index in [0.29, 0.717) is 0 Å². The van der Waals surface area contributed by atoms with Crippen LogP contribution in [0.2, 0.25) is 0 Å². The van der Waals surface area contributed by atoms with Crippen LogP contribution in [0, 0.1) is 26.1 Å². The van der Waals surface area contributed by atoms with Crippen molar-refractivity contribution >= 4 is 17.1 Å². The van der Waals surface area contributed by atoms with Crippen LogP contribution >= 0.6 is 0 Å². The fraction of sp³-hybridized carbons (Fsp3) is 0.222. The van der Waals surface area contributed by atoms with Crippen molar-refractivity contribution in [3.63, 3.8) is 0 Å². The Bertz CT molecular complexity index is 909. The molecule has 2 aliphatic rings. The first-order chi connectivity index (χ1) is 12.0. The summed E-state index contributed by atoms with van der Waals surface area (Å²) in [5, 5.41) is 25.6. The molecule has 0 unspecified atom stereocenters. The fourth-order valence-corrected chi connectivity index (χ4v) is 3.86. The summed E-state index contributed by atoms with van der Waals surface area (Å²) in [4.78, 5) is 21.4. The molecule has 0 amide bonds. The monoisotopic (exact) mass is 337 g/mol. The second-order valence-electron chi connectivity index (χ2n) is 6.36. The van der Waals surface area contributed by atoms with Gasteiger partial charge in [-0.3, -0.25) is 20.2 Å². The molecule has 1 aliphatic heterocycles. The van der Waals surface area contributed by atoms with E-state index in [1.54, 1.807) is 24.3 Å². The summed E-state index contributed by atoms with van der Waals surface area (Å²) in [7, 11) is 0. The molecular weight excluding hydrogens is 322 g/mol. The van der Waals surface area contributed by atoms with E-state index in [0.717, 1.165) is 23.2 Å². The minimum Gasteiger partial charge on any atom is -0.378 e. The Labute approximate surface area is 143 Å². The molecule has 4 rings (SSSR count). The third-order valence-electron chi connectivity index (χ3n) is 5.00. The lowest BCUT2D eigenvalue weighted by Crippen LogP contribution is -2.29. The van der Waals surface area contributed by atoms with Crippen molar-refractivity contribution in [1.82, 2.24) is 0 Å². The number of hydrogen-bond acceptors (Lipinski definition) is 5. The van der Waals surface area contributed by atoms with Gasteiger partial charge < -0.3 is 5.32 Å². The largest absolute Gasteiger partial charge is 0.378 e. The summed E-state index contributed by atoms with van der Waals surface area (Å²) in [6, 6.07) is 11.4. The molecule has 1 heterocycles. The van der Waals surface area contributed by atoms with Gasteiger partial charge in [-0.1, -0.05) is 24.3 Å². The molecule has 1 aliphatic carbocycles. The molecule has 0 spiro atoms. The second kappa shape index (κ2) is 5.70. The van der Waals surface area contributed by atoms with Crippen molar-refractivity contribution in [1.29, 1.82) is 0 Å². The third-order valence-corrected chi connectivity index (χ3v) is 5.00. The van der Waals surface area contributed by atoms with Crippen LogP contribution in [0.25, 0.3) is 0 Å². The highest BCUT2D eigenvalue weighted by atomic mass is 16.6. The van der Waals surface area contributed by atoms with Gasteiger partial charge in [0.15, 0.2) is 0 Å². The molecule has 3 atom stereocenters. The SMILES string of the molecule is O=[N+]([O-])c1cccc([C@@H]2Nc3ccc([N+](=O)[O-])cc3[C@H]3C=CC[C@H]32)c1. The maximum Gasteiger partial charge on any atom is 0.269 e. The van der Waals surface area contributed by atoms with Crippen molar-refractivity contribution < 1.29 is 9.85 Å². The smallest absolute Gasteiger partial charge is 0.269 e. The lowest BCUT2D eigenvalue weighted by atomic mass is 9.77. The van der Waals surface area contributed by atoms with Crippen LogP contribution in [0.5, 0.6) is 0 Å². The standard InChI is InChI=1S/C18H15N3O4/c22-20(23)12-4-1-3-11(9-12)18-15-6-2-5-14(15)16-10-13(21(24)25)7-8-17(16)19-18/h1-5,7-10,14-15,18-19H,6H2/t14-,15+,18-/m0/s1. The summed E-state index contributed by atoms with van der Waals surface area (Å²) in [6.45, 7) is 0. The highest BCUT2D eigenvalue weighted by Gasteiger charge is 2.38. The second-order valence-corrected chi connectivity index (χ2v) is 6.36. The van der Waals surface area contributed by atoms with Gasteiger partial charge in [-0.25, -0.2) is 0 Å². The van der Waals surface area contributed by atoms with Gasteiger partial charge in [0.25, 0.3) is 11.4 Å². The molecule has 0 bridgehead atoms. The number of anilines is 1. The lowest BCUT2D eigenvalue weighted by Gasteiger charge is -2.37. The quantitative estimate of drug-likeness (QED) is 0.510. The van der Waals surface area contributed by atoms with Crippen LogP contribution in [0.4, 0.5) is 17.1 Å². The molecule has 2 aromatic rings. The van der Waals surface area contributed by atoms with Gasteiger partial charge in [0.2, 0.25) is 0 Å². The van der Waals surface area contributed by atoms with Gasteiger partial charge in [0, 0.05) is 35.9 Å². The molecule has 126 valence electrons. The zero-order chi connectivity index (χ0) is 17.6. The van der Waals surface area contributed by atoms with Crippen LogP contribution in [0.15, 0.2) is 54.6 Å². The predicted octanol–water partition coefficient (Wildman–Crippen LogP) is 4.33. The van der Waals surface area contributed by atoms with Gasteiger partial charge in [-0.05, 0) is 29.5 Å². The molecule has 0 fully saturated rings. The fourth-order valence-electron chi connectivity index (χ4n) is 3.86.